The van der Waals surface area contributed by atoms with Crippen LogP contribution in [0.25, 0.3) is 17.2 Å². The van der Waals surface area contributed by atoms with E-state index in [1.807, 2.05) is 24.3 Å². The molecule has 17 heavy (non-hydrogen) atoms. The molecule has 0 aliphatic heterocycles. The maximum atomic E-state index is 10.6. The van der Waals surface area contributed by atoms with Crippen LogP contribution >= 0.6 is 0 Å². The van der Waals surface area contributed by atoms with Gasteiger partial charge in [-0.2, -0.15) is 0 Å². The standard InChI is InChI=1S/C16H12O/c17-11-12-4-6-14(7-5-12)16-9-8-13-2-1-3-15(13)10-16/h1,3-11H,2H2. The van der Waals surface area contributed by atoms with Crippen LogP contribution in [0.1, 0.15) is 21.5 Å². The fraction of sp³-hybridized carbons (Fsp3) is 0.0625. The van der Waals surface area contributed by atoms with Crippen molar-refractivity contribution in [2.24, 2.45) is 0 Å². The Hall–Kier alpha value is -2.15. The molecule has 0 spiro atoms. The van der Waals surface area contributed by atoms with E-state index in [9.17, 15) is 4.79 Å². The monoisotopic (exact) mass is 220 g/mol. The van der Waals surface area contributed by atoms with Gasteiger partial charge in [-0.05, 0) is 34.7 Å². The van der Waals surface area contributed by atoms with Gasteiger partial charge in [0.15, 0.2) is 0 Å². The van der Waals surface area contributed by atoms with E-state index in [4.69, 9.17) is 0 Å². The second-order valence-corrected chi connectivity index (χ2v) is 4.26. The van der Waals surface area contributed by atoms with E-state index in [0.717, 1.165) is 23.8 Å². The summed E-state index contributed by atoms with van der Waals surface area (Å²) in [5.41, 5.74) is 5.77. The third-order valence-corrected chi connectivity index (χ3v) is 3.16. The van der Waals surface area contributed by atoms with Crippen molar-refractivity contribution in [3.63, 3.8) is 0 Å². The van der Waals surface area contributed by atoms with Crippen molar-refractivity contribution < 1.29 is 4.79 Å². The van der Waals surface area contributed by atoms with Gasteiger partial charge < -0.3 is 0 Å². The van der Waals surface area contributed by atoms with Gasteiger partial charge in [0.1, 0.15) is 6.29 Å². The van der Waals surface area contributed by atoms with Crippen molar-refractivity contribution >= 4 is 12.4 Å². The molecule has 0 aromatic heterocycles. The van der Waals surface area contributed by atoms with E-state index in [0.29, 0.717) is 0 Å². The van der Waals surface area contributed by atoms with Crippen LogP contribution in [0.15, 0.2) is 48.5 Å². The minimum Gasteiger partial charge on any atom is -0.298 e. The van der Waals surface area contributed by atoms with E-state index >= 15 is 0 Å². The highest BCUT2D eigenvalue weighted by Crippen LogP contribution is 2.26. The maximum absolute atomic E-state index is 10.6. The first-order chi connectivity index (χ1) is 8.36. The number of allylic oxidation sites excluding steroid dienone is 1. The van der Waals surface area contributed by atoms with Crippen LogP contribution in [-0.4, -0.2) is 6.29 Å². The Morgan fingerprint density at radius 3 is 2.47 bits per heavy atom. The minimum absolute atomic E-state index is 0.717. The van der Waals surface area contributed by atoms with Crippen LogP contribution in [0, 0.1) is 0 Å². The zero-order chi connectivity index (χ0) is 11.7. The highest BCUT2D eigenvalue weighted by atomic mass is 16.1. The molecule has 0 bridgehead atoms. The van der Waals surface area contributed by atoms with E-state index < -0.39 is 0 Å². The number of rotatable bonds is 2. The summed E-state index contributed by atoms with van der Waals surface area (Å²) >= 11 is 0. The fourth-order valence-corrected chi connectivity index (χ4v) is 2.18. The van der Waals surface area contributed by atoms with Crippen molar-refractivity contribution in [2.45, 2.75) is 6.42 Å². The SMILES string of the molecule is O=Cc1ccc(-c2ccc3c(c2)C=CC3)cc1. The Morgan fingerprint density at radius 2 is 1.71 bits per heavy atom. The lowest BCUT2D eigenvalue weighted by Crippen LogP contribution is -1.85. The lowest BCUT2D eigenvalue weighted by atomic mass is 10.00. The Kier molecular flexibility index (Phi) is 2.37. The van der Waals surface area contributed by atoms with Gasteiger partial charge in [-0.1, -0.05) is 48.6 Å². The Bertz CT molecular complexity index is 591. The van der Waals surface area contributed by atoms with E-state index in [1.54, 1.807) is 0 Å². The molecule has 0 heterocycles. The summed E-state index contributed by atoms with van der Waals surface area (Å²) in [5.74, 6) is 0. The van der Waals surface area contributed by atoms with Crippen LogP contribution < -0.4 is 0 Å². The molecule has 0 fully saturated rings. The first-order valence-electron chi connectivity index (χ1n) is 5.72. The van der Waals surface area contributed by atoms with Crippen molar-refractivity contribution in [3.8, 4) is 11.1 Å². The molecule has 0 N–H and O–H groups in total. The smallest absolute Gasteiger partial charge is 0.150 e. The van der Waals surface area contributed by atoms with Gasteiger partial charge in [-0.15, -0.1) is 0 Å². The summed E-state index contributed by atoms with van der Waals surface area (Å²) in [4.78, 5) is 10.6. The second kappa shape index (κ2) is 4.02. The van der Waals surface area contributed by atoms with Gasteiger partial charge in [0.2, 0.25) is 0 Å². The lowest BCUT2D eigenvalue weighted by Gasteiger charge is -2.05. The molecule has 0 radical (unpaired) electrons. The van der Waals surface area contributed by atoms with Gasteiger partial charge >= 0.3 is 0 Å². The molecule has 0 atom stereocenters. The van der Waals surface area contributed by atoms with Crippen molar-refractivity contribution in [2.75, 3.05) is 0 Å². The predicted octanol–water partition coefficient (Wildman–Crippen LogP) is 3.74. The zero-order valence-corrected chi connectivity index (χ0v) is 9.39. The summed E-state index contributed by atoms with van der Waals surface area (Å²) in [6.45, 7) is 0. The van der Waals surface area contributed by atoms with E-state index in [-0.39, 0.29) is 0 Å². The summed E-state index contributed by atoms with van der Waals surface area (Å²) < 4.78 is 0. The number of hydrogen-bond donors (Lipinski definition) is 0. The van der Waals surface area contributed by atoms with Crippen LogP contribution in [0.2, 0.25) is 0 Å². The number of aldehydes is 1. The average molecular weight is 220 g/mol. The first-order valence-corrected chi connectivity index (χ1v) is 5.72. The molecular formula is C16H12O. The minimum atomic E-state index is 0.717. The molecule has 1 heteroatoms. The molecule has 2 aromatic carbocycles. The quantitative estimate of drug-likeness (QED) is 0.705. The van der Waals surface area contributed by atoms with Crippen LogP contribution in [-0.2, 0) is 6.42 Å². The molecule has 0 saturated carbocycles. The molecule has 2 aromatic rings. The molecule has 3 rings (SSSR count). The number of carbonyl (C=O) groups excluding carboxylic acids is 1. The van der Waals surface area contributed by atoms with Crippen LogP contribution in [0.5, 0.6) is 0 Å². The van der Waals surface area contributed by atoms with Gasteiger partial charge in [-0.25, -0.2) is 0 Å². The van der Waals surface area contributed by atoms with Crippen molar-refractivity contribution in [1.29, 1.82) is 0 Å². The molecule has 0 amide bonds. The molecule has 0 unspecified atom stereocenters. The molecule has 0 saturated heterocycles. The van der Waals surface area contributed by atoms with Gasteiger partial charge in [-0.3, -0.25) is 4.79 Å². The lowest BCUT2D eigenvalue weighted by molar-refractivity contribution is 0.112. The van der Waals surface area contributed by atoms with Gasteiger partial charge in [0.05, 0.1) is 0 Å². The molecule has 1 aliphatic rings. The molecule has 1 aliphatic carbocycles. The highest BCUT2D eigenvalue weighted by molar-refractivity contribution is 5.77. The summed E-state index contributed by atoms with van der Waals surface area (Å²) in [6.07, 6.45) is 6.26. The third kappa shape index (κ3) is 1.80. The Balaban J connectivity index is 2.02. The highest BCUT2D eigenvalue weighted by Gasteiger charge is 2.06. The maximum Gasteiger partial charge on any atom is 0.150 e. The van der Waals surface area contributed by atoms with Gasteiger partial charge in [0, 0.05) is 5.56 Å². The molecule has 1 nitrogen and oxygen atoms in total. The predicted molar refractivity (Wildman–Crippen MR) is 70.0 cm³/mol. The van der Waals surface area contributed by atoms with Crippen LogP contribution in [0.4, 0.5) is 0 Å². The number of benzene rings is 2. The Morgan fingerprint density at radius 1 is 0.941 bits per heavy atom. The van der Waals surface area contributed by atoms with Crippen molar-refractivity contribution in [3.05, 3.63) is 65.2 Å². The summed E-state index contributed by atoms with van der Waals surface area (Å²) in [7, 11) is 0. The number of carbonyl (C=O) groups is 1. The largest absolute Gasteiger partial charge is 0.298 e. The molecule has 82 valence electrons. The third-order valence-electron chi connectivity index (χ3n) is 3.16. The Labute approximate surface area is 100 Å². The second-order valence-electron chi connectivity index (χ2n) is 4.26. The number of hydrogen-bond acceptors (Lipinski definition) is 1. The normalized spacial score (nSPS) is 12.5. The number of fused-ring (bicyclic) bond motifs is 1. The average Bonchev–Trinajstić information content (AvgIpc) is 2.86. The van der Waals surface area contributed by atoms with E-state index in [2.05, 4.69) is 30.4 Å². The topological polar surface area (TPSA) is 17.1 Å². The molecular weight excluding hydrogens is 208 g/mol. The first kappa shape index (κ1) is 10.0. The summed E-state index contributed by atoms with van der Waals surface area (Å²) in [6, 6.07) is 14.2. The van der Waals surface area contributed by atoms with Crippen molar-refractivity contribution in [1.82, 2.24) is 0 Å². The zero-order valence-electron chi connectivity index (χ0n) is 9.39. The van der Waals surface area contributed by atoms with Crippen LogP contribution in [0.3, 0.4) is 0 Å². The summed E-state index contributed by atoms with van der Waals surface area (Å²) in [5, 5.41) is 0. The van der Waals surface area contributed by atoms with Gasteiger partial charge in [0.25, 0.3) is 0 Å². The van der Waals surface area contributed by atoms with E-state index in [1.165, 1.54) is 16.7 Å². The fourth-order valence-electron chi connectivity index (χ4n) is 2.18.